The van der Waals surface area contributed by atoms with Crippen molar-refractivity contribution in [2.24, 2.45) is 0 Å². The lowest BCUT2D eigenvalue weighted by Crippen LogP contribution is -2.42. The average Bonchev–Trinajstić information content (AvgIpc) is 3.16. The number of carbonyl (C=O) groups is 1. The molecule has 2 aromatic rings. The minimum atomic E-state index is 0.0501. The van der Waals surface area contributed by atoms with E-state index in [1.54, 1.807) is 0 Å². The molecule has 2 aliphatic heterocycles. The van der Waals surface area contributed by atoms with E-state index in [0.717, 1.165) is 55.5 Å². The smallest absolute Gasteiger partial charge is 0.272 e. The van der Waals surface area contributed by atoms with E-state index in [1.807, 2.05) is 35.2 Å². The number of ether oxygens (including phenoxy) is 1. The lowest BCUT2D eigenvalue weighted by Gasteiger charge is -2.33. The first kappa shape index (κ1) is 19.2. The lowest BCUT2D eigenvalue weighted by atomic mass is 10.0. The minimum absolute atomic E-state index is 0.0501. The summed E-state index contributed by atoms with van der Waals surface area (Å²) in [5, 5.41) is 1.01. The Bertz CT molecular complexity index is 851. The summed E-state index contributed by atoms with van der Waals surface area (Å²) in [5.41, 5.74) is 1.39. The number of fused-ring (bicyclic) bond motifs is 1. The fraction of sp³-hybridized carbons (Fsp3) is 0.565. The zero-order chi connectivity index (χ0) is 19.7. The van der Waals surface area contributed by atoms with Gasteiger partial charge in [0.1, 0.15) is 17.5 Å². The molecule has 2 aliphatic rings. The fourth-order valence-electron chi connectivity index (χ4n) is 4.35. The standard InChI is InChI=1S/C23H31N3O2/c1-16(2)25-13-11-20(15-25)28-19-8-10-21-18(14-19)7-9-22(24-21)23(27)26-12-5-4-6-17(26)3/h7-10,14,16-17,20H,4-6,11-13,15H2,1-3H3. The number of amides is 1. The molecule has 2 saturated heterocycles. The van der Waals surface area contributed by atoms with Crippen molar-refractivity contribution in [3.63, 3.8) is 0 Å². The molecule has 0 spiro atoms. The molecule has 2 atom stereocenters. The van der Waals surface area contributed by atoms with E-state index in [-0.39, 0.29) is 12.0 Å². The number of hydrogen-bond acceptors (Lipinski definition) is 4. The zero-order valence-electron chi connectivity index (χ0n) is 17.2. The second-order valence-electron chi connectivity index (χ2n) is 8.51. The van der Waals surface area contributed by atoms with Gasteiger partial charge in [-0.15, -0.1) is 0 Å². The highest BCUT2D eigenvalue weighted by Crippen LogP contribution is 2.25. The second kappa shape index (κ2) is 8.08. The van der Waals surface area contributed by atoms with E-state index >= 15 is 0 Å². The third-order valence-corrected chi connectivity index (χ3v) is 6.15. The Labute approximate surface area is 167 Å². The normalized spacial score (nSPS) is 23.5. The molecular formula is C23H31N3O2. The van der Waals surface area contributed by atoms with Gasteiger partial charge in [0.05, 0.1) is 5.52 Å². The van der Waals surface area contributed by atoms with Crippen LogP contribution in [-0.2, 0) is 0 Å². The molecule has 5 heteroatoms. The molecule has 1 amide bonds. The highest BCUT2D eigenvalue weighted by atomic mass is 16.5. The van der Waals surface area contributed by atoms with Crippen molar-refractivity contribution in [1.82, 2.24) is 14.8 Å². The number of likely N-dealkylation sites (tertiary alicyclic amines) is 2. The van der Waals surface area contributed by atoms with Crippen LogP contribution >= 0.6 is 0 Å². The van der Waals surface area contributed by atoms with Gasteiger partial charge in [-0.2, -0.15) is 0 Å². The molecule has 28 heavy (non-hydrogen) atoms. The van der Waals surface area contributed by atoms with E-state index in [2.05, 4.69) is 30.7 Å². The van der Waals surface area contributed by atoms with E-state index in [4.69, 9.17) is 4.74 Å². The van der Waals surface area contributed by atoms with E-state index in [9.17, 15) is 4.79 Å². The second-order valence-corrected chi connectivity index (χ2v) is 8.51. The Hall–Kier alpha value is -2.14. The molecule has 1 aromatic carbocycles. The van der Waals surface area contributed by atoms with Crippen molar-refractivity contribution in [3.05, 3.63) is 36.0 Å². The first-order valence-electron chi connectivity index (χ1n) is 10.6. The summed E-state index contributed by atoms with van der Waals surface area (Å²) in [6.07, 6.45) is 4.68. The van der Waals surface area contributed by atoms with Crippen LogP contribution in [0.15, 0.2) is 30.3 Å². The molecule has 0 N–H and O–H groups in total. The molecule has 2 unspecified atom stereocenters. The van der Waals surface area contributed by atoms with Crippen LogP contribution in [0.4, 0.5) is 0 Å². The maximum absolute atomic E-state index is 12.9. The fourth-order valence-corrected chi connectivity index (χ4v) is 4.35. The lowest BCUT2D eigenvalue weighted by molar-refractivity contribution is 0.0630. The minimum Gasteiger partial charge on any atom is -0.489 e. The van der Waals surface area contributed by atoms with Crippen LogP contribution in [0.3, 0.4) is 0 Å². The van der Waals surface area contributed by atoms with Crippen LogP contribution in [0.5, 0.6) is 5.75 Å². The van der Waals surface area contributed by atoms with Crippen molar-refractivity contribution < 1.29 is 9.53 Å². The summed E-state index contributed by atoms with van der Waals surface area (Å²) in [6, 6.07) is 10.7. The van der Waals surface area contributed by atoms with Crippen LogP contribution < -0.4 is 4.74 Å². The number of piperidine rings is 1. The van der Waals surface area contributed by atoms with E-state index in [1.165, 1.54) is 6.42 Å². The Kier molecular flexibility index (Phi) is 5.54. The van der Waals surface area contributed by atoms with Gasteiger partial charge in [-0.3, -0.25) is 9.69 Å². The number of aromatic nitrogens is 1. The van der Waals surface area contributed by atoms with E-state index < -0.39 is 0 Å². The average molecular weight is 382 g/mol. The topological polar surface area (TPSA) is 45.7 Å². The van der Waals surface area contributed by atoms with E-state index in [0.29, 0.717) is 17.8 Å². The van der Waals surface area contributed by atoms with Crippen LogP contribution in [0.2, 0.25) is 0 Å². The number of nitrogens with zero attached hydrogens (tertiary/aromatic N) is 3. The van der Waals surface area contributed by atoms with Crippen molar-refractivity contribution in [2.45, 2.75) is 64.6 Å². The molecule has 1 aromatic heterocycles. The SMILES string of the molecule is CC(C)N1CCC(Oc2ccc3nc(C(=O)N4CCCCC4C)ccc3c2)C1. The molecular weight excluding hydrogens is 350 g/mol. The Balaban J connectivity index is 1.48. The highest BCUT2D eigenvalue weighted by Gasteiger charge is 2.26. The summed E-state index contributed by atoms with van der Waals surface area (Å²) in [7, 11) is 0. The predicted molar refractivity (Wildman–Crippen MR) is 112 cm³/mol. The van der Waals surface area contributed by atoms with Crippen LogP contribution in [-0.4, -0.2) is 58.5 Å². The Morgan fingerprint density at radius 2 is 2.00 bits per heavy atom. The van der Waals surface area contributed by atoms with Gasteiger partial charge in [0, 0.05) is 37.1 Å². The van der Waals surface area contributed by atoms with Crippen molar-refractivity contribution in [1.29, 1.82) is 0 Å². The molecule has 3 heterocycles. The summed E-state index contributed by atoms with van der Waals surface area (Å²) >= 11 is 0. The molecule has 4 rings (SSSR count). The first-order chi connectivity index (χ1) is 13.5. The number of carbonyl (C=O) groups excluding carboxylic acids is 1. The Morgan fingerprint density at radius 1 is 1.14 bits per heavy atom. The largest absolute Gasteiger partial charge is 0.489 e. The van der Waals surface area contributed by atoms with Crippen molar-refractivity contribution in [3.8, 4) is 5.75 Å². The summed E-state index contributed by atoms with van der Waals surface area (Å²) < 4.78 is 6.21. The highest BCUT2D eigenvalue weighted by molar-refractivity contribution is 5.95. The van der Waals surface area contributed by atoms with Crippen LogP contribution in [0.25, 0.3) is 10.9 Å². The zero-order valence-corrected chi connectivity index (χ0v) is 17.2. The number of pyridine rings is 1. The van der Waals surface area contributed by atoms with Gasteiger partial charge in [-0.1, -0.05) is 6.07 Å². The molecule has 0 bridgehead atoms. The van der Waals surface area contributed by atoms with Gasteiger partial charge >= 0.3 is 0 Å². The van der Waals surface area contributed by atoms with Crippen molar-refractivity contribution in [2.75, 3.05) is 19.6 Å². The number of hydrogen-bond donors (Lipinski definition) is 0. The van der Waals surface area contributed by atoms with Crippen LogP contribution in [0.1, 0.15) is 56.9 Å². The molecule has 5 nitrogen and oxygen atoms in total. The first-order valence-corrected chi connectivity index (χ1v) is 10.6. The van der Waals surface area contributed by atoms with Crippen molar-refractivity contribution >= 4 is 16.8 Å². The third kappa shape index (κ3) is 4.00. The summed E-state index contributed by atoms with van der Waals surface area (Å²) in [5.74, 6) is 0.933. The molecule has 150 valence electrons. The number of benzene rings is 1. The summed E-state index contributed by atoms with van der Waals surface area (Å²) in [4.78, 5) is 21.9. The molecule has 0 radical (unpaired) electrons. The van der Waals surface area contributed by atoms with Gasteiger partial charge in [-0.25, -0.2) is 4.98 Å². The quantitative estimate of drug-likeness (QED) is 0.799. The maximum Gasteiger partial charge on any atom is 0.272 e. The maximum atomic E-state index is 12.9. The Morgan fingerprint density at radius 3 is 2.75 bits per heavy atom. The van der Waals surface area contributed by atoms with Crippen LogP contribution in [0, 0.1) is 0 Å². The van der Waals surface area contributed by atoms with Gasteiger partial charge in [-0.05, 0) is 70.7 Å². The predicted octanol–water partition coefficient (Wildman–Crippen LogP) is 4.11. The number of rotatable bonds is 4. The third-order valence-electron chi connectivity index (χ3n) is 6.15. The summed E-state index contributed by atoms with van der Waals surface area (Å²) in [6.45, 7) is 9.50. The van der Waals surface area contributed by atoms with Gasteiger partial charge in [0.2, 0.25) is 0 Å². The monoisotopic (exact) mass is 381 g/mol. The molecule has 0 aliphatic carbocycles. The molecule has 2 fully saturated rings. The van der Waals surface area contributed by atoms with Gasteiger partial charge in [0.25, 0.3) is 5.91 Å². The van der Waals surface area contributed by atoms with Gasteiger partial charge < -0.3 is 9.64 Å². The van der Waals surface area contributed by atoms with Gasteiger partial charge in [0.15, 0.2) is 0 Å². The molecule has 0 saturated carbocycles.